The number of carbonyl (C=O) groups excluding carboxylic acids is 1. The van der Waals surface area contributed by atoms with Crippen LogP contribution < -0.4 is 0 Å². The molecule has 0 aliphatic rings. The van der Waals surface area contributed by atoms with Crippen LogP contribution in [0.5, 0.6) is 0 Å². The van der Waals surface area contributed by atoms with Crippen molar-refractivity contribution in [3.63, 3.8) is 0 Å². The quantitative estimate of drug-likeness (QED) is 0.711. The molecule has 0 atom stereocenters. The molecule has 8 heteroatoms. The zero-order valence-electron chi connectivity index (χ0n) is 12.9. The zero-order valence-corrected chi connectivity index (χ0v) is 12.9. The summed E-state index contributed by atoms with van der Waals surface area (Å²) in [5, 5.41) is 11.4. The second kappa shape index (κ2) is 6.39. The van der Waals surface area contributed by atoms with Crippen LogP contribution in [0, 0.1) is 6.92 Å². The molecule has 0 fully saturated rings. The average molecular weight is 312 g/mol. The van der Waals surface area contributed by atoms with Crippen LogP contribution in [0.2, 0.25) is 0 Å². The molecule has 8 nitrogen and oxygen atoms in total. The Hall–Kier alpha value is -3.03. The highest BCUT2D eigenvalue weighted by Gasteiger charge is 2.17. The SMILES string of the molecule is CCN(Cc1noc(C)n1)C(=O)c1cccc(-n2cnnc2)c1. The van der Waals surface area contributed by atoms with Gasteiger partial charge in [-0.1, -0.05) is 11.2 Å². The van der Waals surface area contributed by atoms with E-state index in [4.69, 9.17) is 4.52 Å². The highest BCUT2D eigenvalue weighted by Crippen LogP contribution is 2.13. The standard InChI is InChI=1S/C15H16N6O2/c1-3-20(8-14-18-11(2)23-19-14)15(22)12-5-4-6-13(7-12)21-9-16-17-10-21/h4-7,9-10H,3,8H2,1-2H3. The third-order valence-electron chi connectivity index (χ3n) is 3.38. The summed E-state index contributed by atoms with van der Waals surface area (Å²) < 4.78 is 6.69. The largest absolute Gasteiger partial charge is 0.340 e. The molecule has 0 saturated heterocycles. The Morgan fingerprint density at radius 3 is 2.74 bits per heavy atom. The summed E-state index contributed by atoms with van der Waals surface area (Å²) in [7, 11) is 0. The van der Waals surface area contributed by atoms with Crippen molar-refractivity contribution in [1.82, 2.24) is 29.8 Å². The van der Waals surface area contributed by atoms with Crippen LogP contribution in [-0.4, -0.2) is 42.3 Å². The minimum absolute atomic E-state index is 0.0927. The molecule has 1 amide bonds. The van der Waals surface area contributed by atoms with Crippen molar-refractivity contribution in [2.45, 2.75) is 20.4 Å². The van der Waals surface area contributed by atoms with Crippen molar-refractivity contribution in [3.8, 4) is 5.69 Å². The smallest absolute Gasteiger partial charge is 0.254 e. The Labute approximate surface area is 132 Å². The number of nitrogens with zero attached hydrogens (tertiary/aromatic N) is 6. The number of amides is 1. The highest BCUT2D eigenvalue weighted by molar-refractivity contribution is 5.94. The lowest BCUT2D eigenvalue weighted by molar-refractivity contribution is 0.0747. The van der Waals surface area contributed by atoms with E-state index in [1.807, 2.05) is 19.1 Å². The molecule has 3 aromatic rings. The fraction of sp³-hybridized carbons (Fsp3) is 0.267. The average Bonchev–Trinajstić information content (AvgIpc) is 3.24. The van der Waals surface area contributed by atoms with Crippen molar-refractivity contribution >= 4 is 5.91 Å². The van der Waals surface area contributed by atoms with Crippen molar-refractivity contribution < 1.29 is 9.32 Å². The Morgan fingerprint density at radius 1 is 1.30 bits per heavy atom. The summed E-state index contributed by atoms with van der Waals surface area (Å²) in [6.45, 7) is 4.48. The van der Waals surface area contributed by atoms with Gasteiger partial charge in [0.25, 0.3) is 5.91 Å². The molecule has 0 unspecified atom stereocenters. The van der Waals surface area contributed by atoms with Crippen LogP contribution in [0.25, 0.3) is 5.69 Å². The Morgan fingerprint density at radius 2 is 2.09 bits per heavy atom. The van der Waals surface area contributed by atoms with Crippen LogP contribution in [0.1, 0.15) is 29.0 Å². The lowest BCUT2D eigenvalue weighted by Gasteiger charge is -2.19. The normalized spacial score (nSPS) is 10.7. The van der Waals surface area contributed by atoms with Gasteiger partial charge in [-0.3, -0.25) is 9.36 Å². The van der Waals surface area contributed by atoms with Crippen LogP contribution in [0.4, 0.5) is 0 Å². The Balaban J connectivity index is 1.82. The van der Waals surface area contributed by atoms with Crippen molar-refractivity contribution in [2.75, 3.05) is 6.54 Å². The molecule has 118 valence electrons. The molecular formula is C15H16N6O2. The molecule has 0 aliphatic carbocycles. The molecule has 0 aliphatic heterocycles. The van der Waals surface area contributed by atoms with Gasteiger partial charge in [0, 0.05) is 24.7 Å². The summed E-state index contributed by atoms with van der Waals surface area (Å²) in [6, 6.07) is 7.30. The fourth-order valence-electron chi connectivity index (χ4n) is 2.22. The van der Waals surface area contributed by atoms with E-state index >= 15 is 0 Å². The zero-order chi connectivity index (χ0) is 16.2. The molecule has 2 aromatic heterocycles. The molecule has 3 rings (SSSR count). The predicted molar refractivity (Wildman–Crippen MR) is 80.8 cm³/mol. The van der Waals surface area contributed by atoms with Gasteiger partial charge in [-0.05, 0) is 25.1 Å². The minimum atomic E-state index is -0.0927. The number of benzene rings is 1. The first-order valence-electron chi connectivity index (χ1n) is 7.21. The van der Waals surface area contributed by atoms with Crippen LogP contribution in [0.3, 0.4) is 0 Å². The molecule has 0 saturated carbocycles. The molecule has 1 aromatic carbocycles. The van der Waals surface area contributed by atoms with E-state index in [9.17, 15) is 4.79 Å². The predicted octanol–water partition coefficient (Wildman–Crippen LogP) is 1.62. The molecular weight excluding hydrogens is 296 g/mol. The molecule has 2 heterocycles. The van der Waals surface area contributed by atoms with E-state index in [1.165, 1.54) is 0 Å². The van der Waals surface area contributed by atoms with Gasteiger partial charge in [-0.2, -0.15) is 4.98 Å². The number of carbonyl (C=O) groups is 1. The second-order valence-electron chi connectivity index (χ2n) is 4.97. The van der Waals surface area contributed by atoms with E-state index in [0.717, 1.165) is 5.69 Å². The van der Waals surface area contributed by atoms with E-state index < -0.39 is 0 Å². The molecule has 0 N–H and O–H groups in total. The van der Waals surface area contributed by atoms with Gasteiger partial charge in [0.05, 0.1) is 6.54 Å². The maximum absolute atomic E-state index is 12.7. The number of hydrogen-bond donors (Lipinski definition) is 0. The third-order valence-corrected chi connectivity index (χ3v) is 3.38. The lowest BCUT2D eigenvalue weighted by atomic mass is 10.1. The Kier molecular flexibility index (Phi) is 4.13. The summed E-state index contributed by atoms with van der Waals surface area (Å²) in [6.07, 6.45) is 3.17. The minimum Gasteiger partial charge on any atom is -0.340 e. The number of aryl methyl sites for hydroxylation is 1. The summed E-state index contributed by atoms with van der Waals surface area (Å²) >= 11 is 0. The second-order valence-corrected chi connectivity index (χ2v) is 4.97. The van der Waals surface area contributed by atoms with Gasteiger partial charge in [0.15, 0.2) is 5.82 Å². The van der Waals surface area contributed by atoms with Gasteiger partial charge in [0.2, 0.25) is 5.89 Å². The number of rotatable bonds is 5. The van der Waals surface area contributed by atoms with Gasteiger partial charge in [0.1, 0.15) is 12.7 Å². The first-order chi connectivity index (χ1) is 11.2. The Bertz CT molecular complexity index is 796. The first kappa shape index (κ1) is 14.9. The number of hydrogen-bond acceptors (Lipinski definition) is 6. The maximum Gasteiger partial charge on any atom is 0.254 e. The van der Waals surface area contributed by atoms with Gasteiger partial charge in [-0.25, -0.2) is 0 Å². The van der Waals surface area contributed by atoms with Crippen molar-refractivity contribution in [3.05, 3.63) is 54.2 Å². The van der Waals surface area contributed by atoms with E-state index in [-0.39, 0.29) is 5.91 Å². The first-order valence-corrected chi connectivity index (χ1v) is 7.21. The fourth-order valence-corrected chi connectivity index (χ4v) is 2.22. The van der Waals surface area contributed by atoms with E-state index in [0.29, 0.717) is 30.4 Å². The molecule has 0 radical (unpaired) electrons. The van der Waals surface area contributed by atoms with Gasteiger partial charge < -0.3 is 9.42 Å². The molecule has 0 spiro atoms. The van der Waals surface area contributed by atoms with E-state index in [2.05, 4.69) is 20.3 Å². The van der Waals surface area contributed by atoms with Gasteiger partial charge >= 0.3 is 0 Å². The molecule has 0 bridgehead atoms. The lowest BCUT2D eigenvalue weighted by Crippen LogP contribution is -2.30. The van der Waals surface area contributed by atoms with Crippen molar-refractivity contribution in [1.29, 1.82) is 0 Å². The van der Waals surface area contributed by atoms with Crippen molar-refractivity contribution in [2.24, 2.45) is 0 Å². The van der Waals surface area contributed by atoms with Crippen LogP contribution in [-0.2, 0) is 6.54 Å². The number of aromatic nitrogens is 5. The highest BCUT2D eigenvalue weighted by atomic mass is 16.5. The summed E-state index contributed by atoms with van der Waals surface area (Å²) in [5.74, 6) is 0.885. The van der Waals surface area contributed by atoms with Crippen LogP contribution in [0.15, 0.2) is 41.4 Å². The summed E-state index contributed by atoms with van der Waals surface area (Å²) in [4.78, 5) is 18.5. The van der Waals surface area contributed by atoms with Gasteiger partial charge in [-0.15, -0.1) is 10.2 Å². The van der Waals surface area contributed by atoms with Crippen LogP contribution >= 0.6 is 0 Å². The maximum atomic E-state index is 12.7. The third kappa shape index (κ3) is 3.25. The topological polar surface area (TPSA) is 89.9 Å². The van der Waals surface area contributed by atoms with E-state index in [1.54, 1.807) is 41.2 Å². The molecule has 23 heavy (non-hydrogen) atoms. The monoisotopic (exact) mass is 312 g/mol. The summed E-state index contributed by atoms with van der Waals surface area (Å²) in [5.41, 5.74) is 1.41.